The maximum atomic E-state index is 11.6. The van der Waals surface area contributed by atoms with E-state index in [9.17, 15) is 4.79 Å². The monoisotopic (exact) mass is 233 g/mol. The maximum Gasteiger partial charge on any atom is 0.315 e. The smallest absolute Gasteiger partial charge is 0.315 e. The van der Waals surface area contributed by atoms with Crippen LogP contribution in [0.2, 0.25) is 0 Å². The summed E-state index contributed by atoms with van der Waals surface area (Å²) in [6.07, 6.45) is 1.04. The molecule has 2 N–H and O–H groups in total. The van der Waals surface area contributed by atoms with Gasteiger partial charge in [0.25, 0.3) is 0 Å². The molecule has 1 aromatic carbocycles. The van der Waals surface area contributed by atoms with Gasteiger partial charge in [-0.2, -0.15) is 0 Å². The van der Waals surface area contributed by atoms with E-state index in [4.69, 9.17) is 0 Å². The van der Waals surface area contributed by atoms with E-state index >= 15 is 0 Å². The zero-order valence-electron chi connectivity index (χ0n) is 10.1. The highest BCUT2D eigenvalue weighted by Gasteiger charge is 2.20. The molecule has 1 atom stereocenters. The molecule has 0 saturated carbocycles. The predicted octanol–water partition coefficient (Wildman–Crippen LogP) is 1.19. The van der Waals surface area contributed by atoms with E-state index in [0.717, 1.165) is 25.1 Å². The van der Waals surface area contributed by atoms with Crippen LogP contribution >= 0.6 is 0 Å². The number of urea groups is 1. The third-order valence-electron chi connectivity index (χ3n) is 3.02. The fourth-order valence-corrected chi connectivity index (χ4v) is 2.07. The van der Waals surface area contributed by atoms with Crippen molar-refractivity contribution in [1.82, 2.24) is 15.5 Å². The van der Waals surface area contributed by atoms with Gasteiger partial charge in [-0.1, -0.05) is 30.3 Å². The zero-order valence-corrected chi connectivity index (χ0v) is 10.1. The van der Waals surface area contributed by atoms with Crippen LogP contribution in [-0.4, -0.2) is 37.1 Å². The molecule has 4 nitrogen and oxygen atoms in total. The summed E-state index contributed by atoms with van der Waals surface area (Å²) in [7, 11) is 2.07. The van der Waals surface area contributed by atoms with E-state index in [1.165, 1.54) is 0 Å². The molecule has 17 heavy (non-hydrogen) atoms. The molecular formula is C13H19N3O. The van der Waals surface area contributed by atoms with Crippen molar-refractivity contribution < 1.29 is 4.79 Å². The minimum Gasteiger partial charge on any atom is -0.334 e. The van der Waals surface area contributed by atoms with Crippen LogP contribution in [0.5, 0.6) is 0 Å². The second kappa shape index (κ2) is 5.68. The number of rotatable bonds is 3. The molecular weight excluding hydrogens is 214 g/mol. The molecule has 1 saturated heterocycles. The van der Waals surface area contributed by atoms with E-state index in [1.807, 2.05) is 30.3 Å². The van der Waals surface area contributed by atoms with Crippen molar-refractivity contribution in [2.24, 2.45) is 0 Å². The Hall–Kier alpha value is -1.55. The van der Waals surface area contributed by atoms with Gasteiger partial charge in [-0.3, -0.25) is 0 Å². The Labute approximate surface area is 102 Å². The molecule has 1 heterocycles. The van der Waals surface area contributed by atoms with Gasteiger partial charge < -0.3 is 15.5 Å². The van der Waals surface area contributed by atoms with Crippen LogP contribution in [0.1, 0.15) is 12.0 Å². The molecule has 1 unspecified atom stereocenters. The first kappa shape index (κ1) is 11.9. The standard InChI is InChI=1S/C13H19N3O/c1-16-8-7-12(10-16)15-13(17)14-9-11-5-3-2-4-6-11/h2-6,12H,7-10H2,1H3,(H2,14,15,17). The third-order valence-corrected chi connectivity index (χ3v) is 3.02. The first-order valence-electron chi connectivity index (χ1n) is 6.01. The number of amides is 2. The van der Waals surface area contributed by atoms with Gasteiger partial charge in [0.05, 0.1) is 0 Å². The predicted molar refractivity (Wildman–Crippen MR) is 67.7 cm³/mol. The van der Waals surface area contributed by atoms with Crippen LogP contribution in [0.15, 0.2) is 30.3 Å². The Balaban J connectivity index is 1.71. The van der Waals surface area contributed by atoms with Crippen molar-refractivity contribution in [3.63, 3.8) is 0 Å². The molecule has 1 aromatic rings. The Morgan fingerprint density at radius 3 is 2.82 bits per heavy atom. The molecule has 0 aliphatic carbocycles. The largest absolute Gasteiger partial charge is 0.334 e. The van der Waals surface area contributed by atoms with Crippen LogP contribution in [-0.2, 0) is 6.54 Å². The van der Waals surface area contributed by atoms with Crippen LogP contribution in [0.4, 0.5) is 4.79 Å². The second-order valence-electron chi connectivity index (χ2n) is 4.56. The van der Waals surface area contributed by atoms with Crippen LogP contribution < -0.4 is 10.6 Å². The molecule has 4 heteroatoms. The zero-order chi connectivity index (χ0) is 12.1. The Morgan fingerprint density at radius 1 is 1.41 bits per heavy atom. The number of benzene rings is 1. The van der Waals surface area contributed by atoms with Gasteiger partial charge >= 0.3 is 6.03 Å². The van der Waals surface area contributed by atoms with E-state index < -0.39 is 0 Å². The lowest BCUT2D eigenvalue weighted by molar-refractivity contribution is 0.236. The first-order chi connectivity index (χ1) is 8.24. The molecule has 2 amide bonds. The van der Waals surface area contributed by atoms with Gasteiger partial charge in [-0.05, 0) is 25.6 Å². The average molecular weight is 233 g/mol. The summed E-state index contributed by atoms with van der Waals surface area (Å²) < 4.78 is 0. The summed E-state index contributed by atoms with van der Waals surface area (Å²) in [5.74, 6) is 0. The number of nitrogens with one attached hydrogen (secondary N) is 2. The minimum atomic E-state index is -0.0749. The number of hydrogen-bond donors (Lipinski definition) is 2. The second-order valence-corrected chi connectivity index (χ2v) is 4.56. The number of likely N-dealkylation sites (tertiary alicyclic amines) is 1. The number of likely N-dealkylation sites (N-methyl/N-ethyl adjacent to an activating group) is 1. The van der Waals surface area contributed by atoms with Gasteiger partial charge in [0.2, 0.25) is 0 Å². The summed E-state index contributed by atoms with van der Waals surface area (Å²) in [5, 5.41) is 5.86. The molecule has 0 radical (unpaired) electrons. The lowest BCUT2D eigenvalue weighted by Gasteiger charge is -2.13. The summed E-state index contributed by atoms with van der Waals surface area (Å²) in [6.45, 7) is 2.58. The normalized spacial score (nSPS) is 20.2. The summed E-state index contributed by atoms with van der Waals surface area (Å²) in [6, 6.07) is 10.1. The highest BCUT2D eigenvalue weighted by molar-refractivity contribution is 5.74. The van der Waals surface area contributed by atoms with Crippen molar-refractivity contribution in [3.8, 4) is 0 Å². The lowest BCUT2D eigenvalue weighted by Crippen LogP contribution is -2.42. The number of hydrogen-bond acceptors (Lipinski definition) is 2. The number of carbonyl (C=O) groups is 1. The molecule has 1 fully saturated rings. The first-order valence-corrected chi connectivity index (χ1v) is 6.01. The Kier molecular flexibility index (Phi) is 3.98. The fourth-order valence-electron chi connectivity index (χ4n) is 2.07. The molecule has 0 bridgehead atoms. The molecule has 1 aliphatic heterocycles. The van der Waals surface area contributed by atoms with Crippen LogP contribution in [0.3, 0.4) is 0 Å². The topological polar surface area (TPSA) is 44.4 Å². The Morgan fingerprint density at radius 2 is 2.18 bits per heavy atom. The molecule has 2 rings (SSSR count). The van der Waals surface area contributed by atoms with Crippen molar-refractivity contribution in [2.75, 3.05) is 20.1 Å². The van der Waals surface area contributed by atoms with Gasteiger partial charge in [0.15, 0.2) is 0 Å². The lowest BCUT2D eigenvalue weighted by atomic mass is 10.2. The van der Waals surface area contributed by atoms with Crippen LogP contribution in [0.25, 0.3) is 0 Å². The SMILES string of the molecule is CN1CCC(NC(=O)NCc2ccccc2)C1. The van der Waals surface area contributed by atoms with E-state index in [1.54, 1.807) is 0 Å². The van der Waals surface area contributed by atoms with Gasteiger partial charge in [-0.25, -0.2) is 4.79 Å². The summed E-state index contributed by atoms with van der Waals surface area (Å²) in [5.41, 5.74) is 1.12. The molecule has 0 aromatic heterocycles. The van der Waals surface area contributed by atoms with Crippen molar-refractivity contribution in [1.29, 1.82) is 0 Å². The number of nitrogens with zero attached hydrogens (tertiary/aromatic N) is 1. The maximum absolute atomic E-state index is 11.6. The average Bonchev–Trinajstić information content (AvgIpc) is 2.73. The number of carbonyl (C=O) groups excluding carboxylic acids is 1. The van der Waals surface area contributed by atoms with E-state index in [0.29, 0.717) is 6.54 Å². The van der Waals surface area contributed by atoms with Crippen molar-refractivity contribution in [3.05, 3.63) is 35.9 Å². The minimum absolute atomic E-state index is 0.0749. The molecule has 92 valence electrons. The molecule has 0 spiro atoms. The highest BCUT2D eigenvalue weighted by Crippen LogP contribution is 2.05. The van der Waals surface area contributed by atoms with Gasteiger partial charge in [0, 0.05) is 19.1 Å². The highest BCUT2D eigenvalue weighted by atomic mass is 16.2. The van der Waals surface area contributed by atoms with Gasteiger partial charge in [0.1, 0.15) is 0 Å². The van der Waals surface area contributed by atoms with Crippen molar-refractivity contribution in [2.45, 2.75) is 19.0 Å². The molecule has 1 aliphatic rings. The summed E-state index contributed by atoms with van der Waals surface area (Å²) >= 11 is 0. The van der Waals surface area contributed by atoms with Gasteiger partial charge in [-0.15, -0.1) is 0 Å². The summed E-state index contributed by atoms with van der Waals surface area (Å²) in [4.78, 5) is 13.9. The van der Waals surface area contributed by atoms with E-state index in [-0.39, 0.29) is 12.1 Å². The fraction of sp³-hybridized carbons (Fsp3) is 0.462. The van der Waals surface area contributed by atoms with E-state index in [2.05, 4.69) is 22.6 Å². The van der Waals surface area contributed by atoms with Crippen molar-refractivity contribution >= 4 is 6.03 Å². The Bertz CT molecular complexity index is 366. The van der Waals surface area contributed by atoms with Crippen LogP contribution in [0, 0.1) is 0 Å². The third kappa shape index (κ3) is 3.75. The quantitative estimate of drug-likeness (QED) is 0.823.